The molecule has 0 spiro atoms. The van der Waals surface area contributed by atoms with Crippen LogP contribution in [-0.4, -0.2) is 58.7 Å². The molecule has 178 valence electrons. The second-order valence-corrected chi connectivity index (χ2v) is 9.40. The third kappa shape index (κ3) is 6.91. The number of benzene rings is 1. The van der Waals surface area contributed by atoms with E-state index in [1.165, 1.54) is 0 Å². The first kappa shape index (κ1) is 24.5. The maximum Gasteiger partial charge on any atom is 0.410 e. The highest BCUT2D eigenvalue weighted by Gasteiger charge is 2.29. The van der Waals surface area contributed by atoms with Gasteiger partial charge in [-0.15, -0.1) is 0 Å². The number of amides is 1. The van der Waals surface area contributed by atoms with Crippen LogP contribution in [-0.2, 0) is 20.9 Å². The van der Waals surface area contributed by atoms with Crippen molar-refractivity contribution in [2.75, 3.05) is 31.1 Å². The zero-order valence-corrected chi connectivity index (χ0v) is 20.2. The van der Waals surface area contributed by atoms with Gasteiger partial charge in [0.2, 0.25) is 0 Å². The molecule has 0 N–H and O–H groups in total. The van der Waals surface area contributed by atoms with Crippen molar-refractivity contribution in [2.45, 2.75) is 59.2 Å². The van der Waals surface area contributed by atoms with Gasteiger partial charge in [0.05, 0.1) is 6.42 Å². The maximum atomic E-state index is 12.5. The number of rotatable bonds is 6. The van der Waals surface area contributed by atoms with E-state index in [9.17, 15) is 9.59 Å². The fraction of sp³-hybridized carbons (Fsp3) is 0.520. The van der Waals surface area contributed by atoms with Crippen molar-refractivity contribution < 1.29 is 19.1 Å². The topological polar surface area (TPSA) is 84.9 Å². The Hall–Kier alpha value is -3.16. The molecule has 1 saturated heterocycles. The number of anilines is 1. The monoisotopic (exact) mass is 454 g/mol. The van der Waals surface area contributed by atoms with Crippen molar-refractivity contribution in [2.24, 2.45) is 0 Å². The molecular weight excluding hydrogens is 420 g/mol. The Morgan fingerprint density at radius 3 is 2.36 bits per heavy atom. The van der Waals surface area contributed by atoms with Crippen molar-refractivity contribution in [1.29, 1.82) is 0 Å². The molecule has 0 radical (unpaired) electrons. The van der Waals surface area contributed by atoms with Crippen molar-refractivity contribution in [3.63, 3.8) is 0 Å². The van der Waals surface area contributed by atoms with Gasteiger partial charge in [-0.05, 0) is 39.2 Å². The Kier molecular flexibility index (Phi) is 7.89. The van der Waals surface area contributed by atoms with Gasteiger partial charge < -0.3 is 19.3 Å². The summed E-state index contributed by atoms with van der Waals surface area (Å²) in [5, 5.41) is 0. The number of aryl methyl sites for hydroxylation is 1. The van der Waals surface area contributed by atoms with Gasteiger partial charge in [-0.1, -0.05) is 37.3 Å². The SMILES string of the molecule is Cc1ncnc(N2CCN(C(=O)OC(C)(C)C)CC2)c1[C@H](C)CC(=O)OCc1ccccc1. The molecule has 8 heteroatoms. The van der Waals surface area contributed by atoms with Crippen LogP contribution in [0.1, 0.15) is 56.9 Å². The molecule has 0 bridgehead atoms. The average molecular weight is 455 g/mol. The second kappa shape index (κ2) is 10.6. The second-order valence-electron chi connectivity index (χ2n) is 9.40. The Morgan fingerprint density at radius 1 is 1.06 bits per heavy atom. The largest absolute Gasteiger partial charge is 0.461 e. The number of nitrogens with zero attached hydrogens (tertiary/aromatic N) is 4. The fourth-order valence-corrected chi connectivity index (χ4v) is 3.88. The van der Waals surface area contributed by atoms with E-state index in [1.54, 1.807) is 11.2 Å². The summed E-state index contributed by atoms with van der Waals surface area (Å²) < 4.78 is 11.0. The lowest BCUT2D eigenvalue weighted by Crippen LogP contribution is -2.50. The number of hydrogen-bond donors (Lipinski definition) is 0. The van der Waals surface area contributed by atoms with E-state index in [0.29, 0.717) is 26.2 Å². The number of esters is 1. The van der Waals surface area contributed by atoms with Gasteiger partial charge in [0.15, 0.2) is 0 Å². The minimum Gasteiger partial charge on any atom is -0.461 e. The summed E-state index contributed by atoms with van der Waals surface area (Å²) in [6, 6.07) is 9.64. The molecule has 3 rings (SSSR count). The molecule has 0 unspecified atom stereocenters. The highest BCUT2D eigenvalue weighted by Crippen LogP contribution is 2.31. The molecule has 1 fully saturated rings. The standard InChI is InChI=1S/C25H34N4O4/c1-18(15-21(30)32-16-20-9-7-6-8-10-20)22-19(2)26-17-27-23(22)28-11-13-29(14-12-28)24(31)33-25(3,4)5/h6-10,17-18H,11-16H2,1-5H3/t18-/m1/s1. The van der Waals surface area contributed by atoms with Crippen LogP contribution < -0.4 is 4.90 Å². The number of piperazine rings is 1. The number of aromatic nitrogens is 2. The summed E-state index contributed by atoms with van der Waals surface area (Å²) in [6.45, 7) is 12.1. The predicted molar refractivity (Wildman–Crippen MR) is 126 cm³/mol. The summed E-state index contributed by atoms with van der Waals surface area (Å²) in [6.07, 6.45) is 1.50. The van der Waals surface area contributed by atoms with Gasteiger partial charge >= 0.3 is 12.1 Å². The van der Waals surface area contributed by atoms with Crippen molar-refractivity contribution in [1.82, 2.24) is 14.9 Å². The fourth-order valence-electron chi connectivity index (χ4n) is 3.88. The Labute approximate surface area is 195 Å². The molecule has 0 saturated carbocycles. The highest BCUT2D eigenvalue weighted by atomic mass is 16.6. The van der Waals surface area contributed by atoms with Gasteiger partial charge in [-0.2, -0.15) is 0 Å². The van der Waals surface area contributed by atoms with Gasteiger partial charge in [0.1, 0.15) is 24.4 Å². The molecule has 33 heavy (non-hydrogen) atoms. The lowest BCUT2D eigenvalue weighted by Gasteiger charge is -2.37. The molecule has 1 aliphatic rings. The van der Waals surface area contributed by atoms with E-state index < -0.39 is 5.60 Å². The van der Waals surface area contributed by atoms with E-state index in [4.69, 9.17) is 9.47 Å². The third-order valence-corrected chi connectivity index (χ3v) is 5.50. The van der Waals surface area contributed by atoms with Crippen LogP contribution in [0.5, 0.6) is 0 Å². The van der Waals surface area contributed by atoms with Gasteiger partial charge in [-0.3, -0.25) is 4.79 Å². The molecule has 1 aromatic carbocycles. The molecule has 2 aromatic rings. The molecule has 0 aliphatic carbocycles. The zero-order valence-electron chi connectivity index (χ0n) is 20.2. The predicted octanol–water partition coefficient (Wildman–Crippen LogP) is 4.08. The summed E-state index contributed by atoms with van der Waals surface area (Å²) in [4.78, 5) is 37.7. The molecular formula is C25H34N4O4. The first-order valence-electron chi connectivity index (χ1n) is 11.4. The molecule has 8 nitrogen and oxygen atoms in total. The van der Waals surface area contributed by atoms with Gasteiger partial charge in [-0.25, -0.2) is 14.8 Å². The van der Waals surface area contributed by atoms with E-state index in [-0.39, 0.29) is 31.0 Å². The third-order valence-electron chi connectivity index (χ3n) is 5.50. The number of carbonyl (C=O) groups excluding carboxylic acids is 2. The van der Waals surface area contributed by atoms with Gasteiger partial charge in [0.25, 0.3) is 0 Å². The lowest BCUT2D eigenvalue weighted by molar-refractivity contribution is -0.145. The van der Waals surface area contributed by atoms with E-state index in [0.717, 1.165) is 22.6 Å². The minimum absolute atomic E-state index is 0.103. The van der Waals surface area contributed by atoms with Crippen LogP contribution in [0, 0.1) is 6.92 Å². The highest BCUT2D eigenvalue weighted by molar-refractivity contribution is 5.71. The number of ether oxygens (including phenoxy) is 2. The van der Waals surface area contributed by atoms with Crippen molar-refractivity contribution in [3.05, 3.63) is 53.5 Å². The average Bonchev–Trinajstić information content (AvgIpc) is 2.77. The Bertz CT molecular complexity index is 951. The van der Waals surface area contributed by atoms with Crippen LogP contribution in [0.3, 0.4) is 0 Å². The number of carbonyl (C=O) groups is 2. The molecule has 1 aromatic heterocycles. The number of hydrogen-bond acceptors (Lipinski definition) is 7. The first-order valence-corrected chi connectivity index (χ1v) is 11.4. The smallest absolute Gasteiger partial charge is 0.410 e. The van der Waals surface area contributed by atoms with Crippen LogP contribution >= 0.6 is 0 Å². The molecule has 2 heterocycles. The normalized spacial score (nSPS) is 15.2. The summed E-state index contributed by atoms with van der Waals surface area (Å²) in [5.74, 6) is 0.457. The first-order chi connectivity index (χ1) is 15.6. The van der Waals surface area contributed by atoms with E-state index in [2.05, 4.69) is 14.9 Å². The van der Waals surface area contributed by atoms with Crippen molar-refractivity contribution in [3.8, 4) is 0 Å². The summed E-state index contributed by atoms with van der Waals surface area (Å²) >= 11 is 0. The van der Waals surface area contributed by atoms with E-state index in [1.807, 2.05) is 65.0 Å². The van der Waals surface area contributed by atoms with Crippen LogP contribution in [0.4, 0.5) is 10.6 Å². The molecule has 1 amide bonds. The summed E-state index contributed by atoms with van der Waals surface area (Å²) in [5.41, 5.74) is 2.23. The summed E-state index contributed by atoms with van der Waals surface area (Å²) in [7, 11) is 0. The van der Waals surface area contributed by atoms with Crippen LogP contribution in [0.25, 0.3) is 0 Å². The Morgan fingerprint density at radius 2 is 1.73 bits per heavy atom. The van der Waals surface area contributed by atoms with Crippen LogP contribution in [0.15, 0.2) is 36.7 Å². The lowest BCUT2D eigenvalue weighted by atomic mass is 9.96. The zero-order chi connectivity index (χ0) is 24.0. The molecule has 1 aliphatic heterocycles. The maximum absolute atomic E-state index is 12.5. The van der Waals surface area contributed by atoms with Crippen molar-refractivity contribution >= 4 is 17.9 Å². The van der Waals surface area contributed by atoms with E-state index >= 15 is 0 Å². The minimum atomic E-state index is -0.518. The van der Waals surface area contributed by atoms with Crippen LogP contribution in [0.2, 0.25) is 0 Å². The van der Waals surface area contributed by atoms with Gasteiger partial charge in [0, 0.05) is 37.4 Å². The Balaban J connectivity index is 1.63. The molecule has 1 atom stereocenters. The quantitative estimate of drug-likeness (QED) is 0.608.